The van der Waals surface area contributed by atoms with Gasteiger partial charge in [-0.05, 0) is 53.0 Å². The van der Waals surface area contributed by atoms with Crippen LogP contribution in [0, 0.1) is 0 Å². The summed E-state index contributed by atoms with van der Waals surface area (Å²) in [6.07, 6.45) is 0. The minimum Gasteiger partial charge on any atom is -0.497 e. The Balaban J connectivity index is 1.52. The van der Waals surface area contributed by atoms with Gasteiger partial charge in [0.2, 0.25) is 0 Å². The average molecular weight is 365 g/mol. The Kier molecular flexibility index (Phi) is 4.44. The molecule has 0 unspecified atom stereocenters. The van der Waals surface area contributed by atoms with E-state index in [2.05, 4.69) is 39.1 Å². The zero-order chi connectivity index (χ0) is 18.1. The van der Waals surface area contributed by atoms with Crippen molar-refractivity contribution in [1.82, 2.24) is 14.9 Å². The SMILES string of the molecule is COc1ccc2cc(CN(C)Cc3nc4ccsc4c(=O)[nH]3)ccc2c1. The molecular formula is C20H19N3O2S. The van der Waals surface area contributed by atoms with Crippen LogP contribution in [0.25, 0.3) is 21.0 Å². The van der Waals surface area contributed by atoms with Gasteiger partial charge >= 0.3 is 0 Å². The molecule has 0 fully saturated rings. The maximum absolute atomic E-state index is 12.1. The van der Waals surface area contributed by atoms with E-state index >= 15 is 0 Å². The number of fused-ring (bicyclic) bond motifs is 2. The smallest absolute Gasteiger partial charge is 0.268 e. The first-order valence-electron chi connectivity index (χ1n) is 8.34. The lowest BCUT2D eigenvalue weighted by Gasteiger charge is -2.16. The van der Waals surface area contributed by atoms with Crippen LogP contribution in [-0.4, -0.2) is 29.0 Å². The van der Waals surface area contributed by atoms with Gasteiger partial charge in [-0.15, -0.1) is 11.3 Å². The summed E-state index contributed by atoms with van der Waals surface area (Å²) in [5.41, 5.74) is 1.92. The van der Waals surface area contributed by atoms with Crippen molar-refractivity contribution < 1.29 is 4.74 Å². The molecule has 0 aliphatic heterocycles. The van der Waals surface area contributed by atoms with Gasteiger partial charge in [0, 0.05) is 6.54 Å². The lowest BCUT2D eigenvalue weighted by Crippen LogP contribution is -2.21. The van der Waals surface area contributed by atoms with E-state index < -0.39 is 0 Å². The highest BCUT2D eigenvalue weighted by Gasteiger charge is 2.08. The number of aromatic nitrogens is 2. The number of thiophene rings is 1. The fourth-order valence-corrected chi connectivity index (χ4v) is 3.84. The second-order valence-electron chi connectivity index (χ2n) is 6.37. The van der Waals surface area contributed by atoms with Crippen LogP contribution in [0.1, 0.15) is 11.4 Å². The summed E-state index contributed by atoms with van der Waals surface area (Å²) in [4.78, 5) is 21.7. The monoisotopic (exact) mass is 365 g/mol. The molecule has 0 aliphatic carbocycles. The van der Waals surface area contributed by atoms with E-state index in [1.165, 1.54) is 22.3 Å². The molecule has 132 valence electrons. The molecule has 0 amide bonds. The molecule has 26 heavy (non-hydrogen) atoms. The highest BCUT2D eigenvalue weighted by Crippen LogP contribution is 2.22. The van der Waals surface area contributed by atoms with Crippen molar-refractivity contribution in [3.63, 3.8) is 0 Å². The molecule has 4 rings (SSSR count). The number of H-pyrrole nitrogens is 1. The molecule has 2 heterocycles. The van der Waals surface area contributed by atoms with Gasteiger partial charge in [-0.1, -0.05) is 18.2 Å². The number of ether oxygens (including phenoxy) is 1. The van der Waals surface area contributed by atoms with E-state index in [-0.39, 0.29) is 5.56 Å². The predicted molar refractivity (Wildman–Crippen MR) is 106 cm³/mol. The van der Waals surface area contributed by atoms with E-state index in [1.807, 2.05) is 30.6 Å². The zero-order valence-corrected chi connectivity index (χ0v) is 15.5. The number of rotatable bonds is 5. The third-order valence-corrected chi connectivity index (χ3v) is 5.25. The van der Waals surface area contributed by atoms with E-state index in [1.54, 1.807) is 7.11 Å². The minimum atomic E-state index is -0.0620. The highest BCUT2D eigenvalue weighted by molar-refractivity contribution is 7.17. The van der Waals surface area contributed by atoms with Crippen LogP contribution < -0.4 is 10.3 Å². The molecule has 0 atom stereocenters. The summed E-state index contributed by atoms with van der Waals surface area (Å²) in [5, 5.41) is 4.23. The lowest BCUT2D eigenvalue weighted by atomic mass is 10.1. The number of hydrogen-bond acceptors (Lipinski definition) is 5. The summed E-state index contributed by atoms with van der Waals surface area (Å²) in [7, 11) is 3.70. The average Bonchev–Trinajstić information content (AvgIpc) is 3.10. The summed E-state index contributed by atoms with van der Waals surface area (Å²) in [6.45, 7) is 1.36. The van der Waals surface area contributed by atoms with Crippen LogP contribution in [0.2, 0.25) is 0 Å². The molecule has 0 spiro atoms. The molecule has 2 aromatic heterocycles. The van der Waals surface area contributed by atoms with Crippen molar-refractivity contribution in [3.05, 3.63) is 69.6 Å². The predicted octanol–water partition coefficient (Wildman–Crippen LogP) is 3.78. The van der Waals surface area contributed by atoms with Gasteiger partial charge < -0.3 is 9.72 Å². The normalized spacial score (nSPS) is 11.5. The Morgan fingerprint density at radius 2 is 1.92 bits per heavy atom. The Morgan fingerprint density at radius 3 is 2.77 bits per heavy atom. The quantitative estimate of drug-likeness (QED) is 0.585. The summed E-state index contributed by atoms with van der Waals surface area (Å²) >= 11 is 1.42. The maximum Gasteiger partial charge on any atom is 0.268 e. The minimum absolute atomic E-state index is 0.0620. The fourth-order valence-electron chi connectivity index (χ4n) is 3.12. The van der Waals surface area contributed by atoms with Gasteiger partial charge in [-0.2, -0.15) is 0 Å². The molecule has 0 saturated carbocycles. The Hall–Kier alpha value is -2.70. The molecule has 4 aromatic rings. The summed E-state index contributed by atoms with van der Waals surface area (Å²) < 4.78 is 5.96. The van der Waals surface area contributed by atoms with E-state index in [0.717, 1.165) is 23.2 Å². The van der Waals surface area contributed by atoms with Crippen molar-refractivity contribution in [3.8, 4) is 5.75 Å². The van der Waals surface area contributed by atoms with Crippen molar-refractivity contribution >= 4 is 32.3 Å². The molecule has 0 saturated heterocycles. The van der Waals surface area contributed by atoms with Crippen LogP contribution in [0.15, 0.2) is 52.6 Å². The van der Waals surface area contributed by atoms with Gasteiger partial charge in [-0.3, -0.25) is 9.69 Å². The summed E-state index contributed by atoms with van der Waals surface area (Å²) in [6, 6.07) is 14.4. The molecule has 0 bridgehead atoms. The van der Waals surface area contributed by atoms with Crippen molar-refractivity contribution in [2.45, 2.75) is 13.1 Å². The van der Waals surface area contributed by atoms with Gasteiger partial charge in [0.05, 0.1) is 19.2 Å². The van der Waals surface area contributed by atoms with E-state index in [4.69, 9.17) is 4.74 Å². The zero-order valence-electron chi connectivity index (χ0n) is 14.7. The highest BCUT2D eigenvalue weighted by atomic mass is 32.1. The van der Waals surface area contributed by atoms with E-state index in [9.17, 15) is 4.79 Å². The molecule has 5 nitrogen and oxygen atoms in total. The number of methoxy groups -OCH3 is 1. The molecule has 0 radical (unpaired) electrons. The standard InChI is InChI=1S/C20H19N3O2S/c1-23(12-18-21-17-7-8-26-19(17)20(24)22-18)11-13-3-4-15-10-16(25-2)6-5-14(15)9-13/h3-10H,11-12H2,1-2H3,(H,21,22,24). The third kappa shape index (κ3) is 3.34. The number of nitrogens with one attached hydrogen (secondary N) is 1. The Bertz CT molecular complexity index is 1130. The van der Waals surface area contributed by atoms with Crippen LogP contribution in [0.5, 0.6) is 5.75 Å². The Morgan fingerprint density at radius 1 is 1.12 bits per heavy atom. The van der Waals surface area contributed by atoms with Crippen LogP contribution in [-0.2, 0) is 13.1 Å². The van der Waals surface area contributed by atoms with Crippen molar-refractivity contribution in [1.29, 1.82) is 0 Å². The molecule has 6 heteroatoms. The molecule has 0 aliphatic rings. The maximum atomic E-state index is 12.1. The van der Waals surface area contributed by atoms with Crippen LogP contribution in [0.3, 0.4) is 0 Å². The number of benzene rings is 2. The van der Waals surface area contributed by atoms with Crippen molar-refractivity contribution in [2.75, 3.05) is 14.2 Å². The van der Waals surface area contributed by atoms with Gasteiger partial charge in [0.15, 0.2) is 0 Å². The topological polar surface area (TPSA) is 58.2 Å². The van der Waals surface area contributed by atoms with E-state index in [0.29, 0.717) is 17.1 Å². The first-order chi connectivity index (χ1) is 12.6. The first kappa shape index (κ1) is 16.8. The molecule has 2 aromatic carbocycles. The van der Waals surface area contributed by atoms with Crippen LogP contribution >= 0.6 is 11.3 Å². The van der Waals surface area contributed by atoms with Gasteiger partial charge in [0.25, 0.3) is 5.56 Å². The molecular weight excluding hydrogens is 346 g/mol. The number of nitrogens with zero attached hydrogens (tertiary/aromatic N) is 2. The third-order valence-electron chi connectivity index (χ3n) is 4.35. The Labute approximate surface area is 154 Å². The number of hydrogen-bond donors (Lipinski definition) is 1. The second kappa shape index (κ2) is 6.90. The fraction of sp³-hybridized carbons (Fsp3) is 0.200. The second-order valence-corrected chi connectivity index (χ2v) is 7.28. The lowest BCUT2D eigenvalue weighted by molar-refractivity contribution is 0.311. The van der Waals surface area contributed by atoms with Crippen LogP contribution in [0.4, 0.5) is 0 Å². The molecule has 1 N–H and O–H groups in total. The first-order valence-corrected chi connectivity index (χ1v) is 9.22. The summed E-state index contributed by atoms with van der Waals surface area (Å²) in [5.74, 6) is 1.55. The largest absolute Gasteiger partial charge is 0.497 e. The number of aromatic amines is 1. The van der Waals surface area contributed by atoms with Gasteiger partial charge in [0.1, 0.15) is 16.3 Å². The van der Waals surface area contributed by atoms with Crippen molar-refractivity contribution in [2.24, 2.45) is 0 Å². The van der Waals surface area contributed by atoms with Gasteiger partial charge in [-0.25, -0.2) is 4.98 Å².